The fourth-order valence-corrected chi connectivity index (χ4v) is 2.34. The summed E-state index contributed by atoms with van der Waals surface area (Å²) in [6.07, 6.45) is 1.79. The van der Waals surface area contributed by atoms with Crippen LogP contribution in [0.15, 0.2) is 47.1 Å². The lowest BCUT2D eigenvalue weighted by Gasteiger charge is -2.16. The molecule has 3 nitrogen and oxygen atoms in total. The van der Waals surface area contributed by atoms with Crippen LogP contribution in [0.25, 0.3) is 0 Å². The van der Waals surface area contributed by atoms with E-state index in [0.717, 1.165) is 21.4 Å². The molecule has 1 atom stereocenters. The van der Waals surface area contributed by atoms with Gasteiger partial charge < -0.3 is 11.1 Å². The van der Waals surface area contributed by atoms with Gasteiger partial charge in [0, 0.05) is 21.9 Å². The second kappa shape index (κ2) is 6.12. The summed E-state index contributed by atoms with van der Waals surface area (Å²) < 4.78 is 0.931. The summed E-state index contributed by atoms with van der Waals surface area (Å²) in [5, 5.41) is 3.40. The van der Waals surface area contributed by atoms with Gasteiger partial charge in [0.05, 0.1) is 11.7 Å². The predicted molar refractivity (Wildman–Crippen MR) is 86.3 cm³/mol. The summed E-state index contributed by atoms with van der Waals surface area (Å²) in [6.45, 7) is 2.07. The van der Waals surface area contributed by atoms with Crippen LogP contribution in [0.5, 0.6) is 0 Å². The third-order valence-electron chi connectivity index (χ3n) is 2.76. The van der Waals surface area contributed by atoms with E-state index in [1.54, 1.807) is 6.20 Å². The van der Waals surface area contributed by atoms with Crippen LogP contribution < -0.4 is 11.1 Å². The molecule has 1 unspecified atom stereocenters. The number of rotatable bonds is 4. The predicted octanol–water partition coefficient (Wildman–Crippen LogP) is 3.65. The molecule has 3 N–H and O–H groups in total. The number of hydrogen-bond acceptors (Lipinski definition) is 3. The van der Waals surface area contributed by atoms with E-state index in [-0.39, 0.29) is 6.04 Å². The van der Waals surface area contributed by atoms with Gasteiger partial charge in [-0.2, -0.15) is 0 Å². The van der Waals surface area contributed by atoms with E-state index in [0.29, 0.717) is 4.99 Å². The molecule has 0 spiro atoms. The Morgan fingerprint density at radius 2 is 2.16 bits per heavy atom. The molecule has 1 heterocycles. The first-order valence-electron chi connectivity index (χ1n) is 5.84. The minimum absolute atomic E-state index is 0.119. The van der Waals surface area contributed by atoms with Gasteiger partial charge in [-0.25, -0.2) is 0 Å². The normalized spacial score (nSPS) is 11.9. The SMILES string of the molecule is CC(Nc1ccc(C(N)=S)cc1Br)c1ccccn1. The molecule has 5 heteroatoms. The Kier molecular flexibility index (Phi) is 4.50. The zero-order valence-corrected chi connectivity index (χ0v) is 12.8. The Hall–Kier alpha value is -1.46. The van der Waals surface area contributed by atoms with Crippen molar-refractivity contribution in [1.29, 1.82) is 0 Å². The largest absolute Gasteiger partial charge is 0.389 e. The Morgan fingerprint density at radius 1 is 1.37 bits per heavy atom. The van der Waals surface area contributed by atoms with E-state index >= 15 is 0 Å². The Balaban J connectivity index is 2.18. The summed E-state index contributed by atoms with van der Waals surface area (Å²) in [5.41, 5.74) is 8.43. The van der Waals surface area contributed by atoms with Crippen LogP contribution in [0.1, 0.15) is 24.2 Å². The van der Waals surface area contributed by atoms with Crippen LogP contribution in [-0.2, 0) is 0 Å². The quantitative estimate of drug-likeness (QED) is 0.837. The second-order valence-electron chi connectivity index (χ2n) is 4.18. The van der Waals surface area contributed by atoms with Crippen molar-refractivity contribution in [1.82, 2.24) is 4.98 Å². The lowest BCUT2D eigenvalue weighted by Crippen LogP contribution is -2.11. The van der Waals surface area contributed by atoms with E-state index in [4.69, 9.17) is 18.0 Å². The van der Waals surface area contributed by atoms with E-state index in [9.17, 15) is 0 Å². The van der Waals surface area contributed by atoms with Crippen molar-refractivity contribution < 1.29 is 0 Å². The van der Waals surface area contributed by atoms with Crippen LogP contribution in [0.4, 0.5) is 5.69 Å². The molecule has 0 bridgehead atoms. The van der Waals surface area contributed by atoms with Gasteiger partial charge in [0.15, 0.2) is 0 Å². The Labute approximate surface area is 126 Å². The van der Waals surface area contributed by atoms with Crippen molar-refractivity contribution in [2.75, 3.05) is 5.32 Å². The minimum Gasteiger partial charge on any atom is -0.389 e. The molecule has 98 valence electrons. The van der Waals surface area contributed by atoms with Gasteiger partial charge in [-0.1, -0.05) is 18.3 Å². The highest BCUT2D eigenvalue weighted by Crippen LogP contribution is 2.27. The third-order valence-corrected chi connectivity index (χ3v) is 3.65. The molecule has 1 aromatic carbocycles. The molecule has 0 radical (unpaired) electrons. The maximum atomic E-state index is 5.61. The lowest BCUT2D eigenvalue weighted by atomic mass is 10.1. The maximum absolute atomic E-state index is 5.61. The molecular formula is C14H14BrN3S. The second-order valence-corrected chi connectivity index (χ2v) is 5.47. The number of thiocarbonyl (C=S) groups is 1. The average molecular weight is 336 g/mol. The smallest absolute Gasteiger partial charge is 0.104 e. The number of benzene rings is 1. The van der Waals surface area contributed by atoms with Gasteiger partial charge in [0.25, 0.3) is 0 Å². The first-order valence-corrected chi connectivity index (χ1v) is 7.05. The number of nitrogens with zero attached hydrogens (tertiary/aromatic N) is 1. The van der Waals surface area contributed by atoms with Gasteiger partial charge in [0.1, 0.15) is 4.99 Å². The van der Waals surface area contributed by atoms with E-state index in [1.165, 1.54) is 0 Å². The Bertz CT molecular complexity index is 586. The van der Waals surface area contributed by atoms with Crippen molar-refractivity contribution in [3.63, 3.8) is 0 Å². The zero-order chi connectivity index (χ0) is 13.8. The van der Waals surface area contributed by atoms with E-state index in [1.807, 2.05) is 36.4 Å². The molecule has 0 saturated carbocycles. The standard InChI is InChI=1S/C14H14BrN3S/c1-9(12-4-2-3-7-17-12)18-13-6-5-10(14(16)19)8-11(13)15/h2-9,18H,1H3,(H2,16,19). The first kappa shape index (κ1) is 14.0. The minimum atomic E-state index is 0.119. The highest BCUT2D eigenvalue weighted by atomic mass is 79.9. The van der Waals surface area contributed by atoms with Crippen molar-refractivity contribution in [2.24, 2.45) is 5.73 Å². The van der Waals surface area contributed by atoms with Crippen molar-refractivity contribution in [3.8, 4) is 0 Å². The number of halogens is 1. The van der Waals surface area contributed by atoms with E-state index < -0.39 is 0 Å². The first-order chi connectivity index (χ1) is 9.08. The molecule has 0 saturated heterocycles. The van der Waals surface area contributed by atoms with Crippen LogP contribution in [0, 0.1) is 0 Å². The molecule has 0 aliphatic carbocycles. The molecule has 0 aliphatic rings. The summed E-state index contributed by atoms with van der Waals surface area (Å²) in [5.74, 6) is 0. The summed E-state index contributed by atoms with van der Waals surface area (Å²) >= 11 is 8.47. The molecule has 19 heavy (non-hydrogen) atoms. The molecular weight excluding hydrogens is 322 g/mol. The monoisotopic (exact) mass is 335 g/mol. The molecule has 0 fully saturated rings. The van der Waals surface area contributed by atoms with Gasteiger partial charge >= 0.3 is 0 Å². The number of pyridine rings is 1. The van der Waals surface area contributed by atoms with E-state index in [2.05, 4.69) is 33.2 Å². The fourth-order valence-electron chi connectivity index (χ4n) is 1.72. The van der Waals surface area contributed by atoms with Gasteiger partial charge in [0.2, 0.25) is 0 Å². The number of hydrogen-bond donors (Lipinski definition) is 2. The molecule has 2 rings (SSSR count). The summed E-state index contributed by atoms with van der Waals surface area (Å²) in [6, 6.07) is 11.8. The lowest BCUT2D eigenvalue weighted by molar-refractivity contribution is 0.838. The molecule has 1 aromatic heterocycles. The van der Waals surface area contributed by atoms with Crippen molar-refractivity contribution in [2.45, 2.75) is 13.0 Å². The summed E-state index contributed by atoms with van der Waals surface area (Å²) in [4.78, 5) is 4.73. The fraction of sp³-hybridized carbons (Fsp3) is 0.143. The van der Waals surface area contributed by atoms with Crippen LogP contribution in [-0.4, -0.2) is 9.97 Å². The van der Waals surface area contributed by atoms with Gasteiger partial charge in [-0.3, -0.25) is 4.98 Å². The van der Waals surface area contributed by atoms with Gasteiger partial charge in [-0.05, 0) is 53.2 Å². The topological polar surface area (TPSA) is 50.9 Å². The van der Waals surface area contributed by atoms with Crippen LogP contribution in [0.2, 0.25) is 0 Å². The number of nitrogens with two attached hydrogens (primary N) is 1. The zero-order valence-electron chi connectivity index (χ0n) is 10.4. The maximum Gasteiger partial charge on any atom is 0.104 e. The molecule has 0 amide bonds. The average Bonchev–Trinajstić information content (AvgIpc) is 2.41. The van der Waals surface area contributed by atoms with Crippen LogP contribution >= 0.6 is 28.1 Å². The third kappa shape index (κ3) is 3.52. The number of anilines is 1. The van der Waals surface area contributed by atoms with Crippen LogP contribution in [0.3, 0.4) is 0 Å². The molecule has 0 aliphatic heterocycles. The van der Waals surface area contributed by atoms with Crippen molar-refractivity contribution in [3.05, 3.63) is 58.3 Å². The van der Waals surface area contributed by atoms with Gasteiger partial charge in [-0.15, -0.1) is 0 Å². The number of aromatic nitrogens is 1. The number of nitrogens with one attached hydrogen (secondary N) is 1. The highest BCUT2D eigenvalue weighted by molar-refractivity contribution is 9.10. The van der Waals surface area contributed by atoms with Crippen molar-refractivity contribution >= 4 is 38.8 Å². The summed E-state index contributed by atoms with van der Waals surface area (Å²) in [7, 11) is 0. The highest BCUT2D eigenvalue weighted by Gasteiger charge is 2.09. The molecule has 2 aromatic rings. The Morgan fingerprint density at radius 3 is 2.74 bits per heavy atom.